The lowest BCUT2D eigenvalue weighted by atomic mass is 10.1. The Morgan fingerprint density at radius 1 is 1.26 bits per heavy atom. The largest absolute Gasteiger partial charge is 0.292 e. The Labute approximate surface area is 150 Å². The number of ketones is 1. The molecule has 0 aliphatic carbocycles. The average molecular weight is 409 g/mol. The van der Waals surface area contributed by atoms with Gasteiger partial charge in [-0.3, -0.25) is 4.79 Å². The van der Waals surface area contributed by atoms with Gasteiger partial charge in [-0.1, -0.05) is 30.0 Å². The van der Waals surface area contributed by atoms with Crippen molar-refractivity contribution in [2.75, 3.05) is 5.75 Å². The maximum atomic E-state index is 12.2. The van der Waals surface area contributed by atoms with E-state index in [0.717, 1.165) is 25.5 Å². The molecule has 118 valence electrons. The number of thiophene rings is 1. The monoisotopic (exact) mass is 408 g/mol. The molecular formula is C15H13BrN4OS2. The quantitative estimate of drug-likeness (QED) is 0.470. The van der Waals surface area contributed by atoms with Crippen LogP contribution < -0.4 is 0 Å². The van der Waals surface area contributed by atoms with Crippen LogP contribution in [0.25, 0.3) is 5.69 Å². The van der Waals surface area contributed by atoms with Crippen molar-refractivity contribution in [3.05, 3.63) is 50.1 Å². The molecule has 23 heavy (non-hydrogen) atoms. The lowest BCUT2D eigenvalue weighted by Crippen LogP contribution is -2.06. The Bertz CT molecular complexity index is 839. The number of para-hydroxylation sites is 1. The van der Waals surface area contributed by atoms with Crippen LogP contribution in [-0.2, 0) is 0 Å². The molecule has 0 N–H and O–H groups in total. The minimum Gasteiger partial charge on any atom is -0.292 e. The minimum atomic E-state index is 0.0711. The van der Waals surface area contributed by atoms with Crippen LogP contribution in [0, 0.1) is 13.8 Å². The molecular weight excluding hydrogens is 396 g/mol. The number of halogens is 1. The number of thioether (sulfide) groups is 1. The predicted molar refractivity (Wildman–Crippen MR) is 95.7 cm³/mol. The molecule has 0 saturated carbocycles. The van der Waals surface area contributed by atoms with Gasteiger partial charge in [-0.15, -0.1) is 16.4 Å². The third-order valence-electron chi connectivity index (χ3n) is 3.27. The summed E-state index contributed by atoms with van der Waals surface area (Å²) in [7, 11) is 0. The summed E-state index contributed by atoms with van der Waals surface area (Å²) in [4.78, 5) is 13.0. The SMILES string of the molecule is Cc1cccc(C)c1-n1nnnc1SCC(=O)c1ccc(Br)s1. The average Bonchev–Trinajstić information content (AvgIpc) is 3.14. The number of Topliss-reactive ketones (excluding diaryl/α,β-unsaturated/α-hetero) is 1. The molecule has 8 heteroatoms. The summed E-state index contributed by atoms with van der Waals surface area (Å²) in [6.45, 7) is 4.04. The van der Waals surface area contributed by atoms with E-state index in [1.807, 2.05) is 44.2 Å². The van der Waals surface area contributed by atoms with Crippen molar-refractivity contribution >= 4 is 44.8 Å². The lowest BCUT2D eigenvalue weighted by molar-refractivity contribution is 0.102. The molecule has 3 aromatic rings. The Morgan fingerprint density at radius 2 is 2.00 bits per heavy atom. The van der Waals surface area contributed by atoms with E-state index in [0.29, 0.717) is 10.9 Å². The zero-order valence-electron chi connectivity index (χ0n) is 12.5. The summed E-state index contributed by atoms with van der Waals surface area (Å²) >= 11 is 6.15. The van der Waals surface area contributed by atoms with Gasteiger partial charge in [0, 0.05) is 0 Å². The number of hydrogen-bond donors (Lipinski definition) is 0. The highest BCUT2D eigenvalue weighted by atomic mass is 79.9. The Balaban J connectivity index is 1.81. The first kappa shape index (κ1) is 16.4. The maximum absolute atomic E-state index is 12.2. The smallest absolute Gasteiger partial charge is 0.214 e. The second-order valence-corrected chi connectivity index (χ2v) is 8.33. The Kier molecular flexibility index (Phi) is 4.93. The molecule has 0 atom stereocenters. The molecule has 0 unspecified atom stereocenters. The highest BCUT2D eigenvalue weighted by Gasteiger charge is 2.16. The number of carbonyl (C=O) groups is 1. The third-order valence-corrected chi connectivity index (χ3v) is 5.86. The fourth-order valence-electron chi connectivity index (χ4n) is 2.21. The molecule has 0 amide bonds. The Hall–Kier alpha value is -1.51. The van der Waals surface area contributed by atoms with Gasteiger partial charge in [0.25, 0.3) is 0 Å². The van der Waals surface area contributed by atoms with Gasteiger partial charge in [0.2, 0.25) is 5.16 Å². The van der Waals surface area contributed by atoms with E-state index in [-0.39, 0.29) is 5.78 Å². The highest BCUT2D eigenvalue weighted by molar-refractivity contribution is 9.11. The summed E-state index contributed by atoms with van der Waals surface area (Å²) in [5.74, 6) is 0.375. The number of nitrogens with zero attached hydrogens (tertiary/aromatic N) is 4. The first-order valence-corrected chi connectivity index (χ1v) is 9.42. The molecule has 2 heterocycles. The van der Waals surface area contributed by atoms with Crippen molar-refractivity contribution in [2.24, 2.45) is 0 Å². The van der Waals surface area contributed by atoms with Crippen molar-refractivity contribution in [1.29, 1.82) is 0 Å². The standard InChI is InChI=1S/C15H13BrN4OS2/c1-9-4-3-5-10(2)14(9)20-15(17-18-19-20)22-8-11(21)12-6-7-13(16)23-12/h3-7H,8H2,1-2H3. The number of benzene rings is 1. The molecule has 0 radical (unpaired) electrons. The van der Waals surface area contributed by atoms with Gasteiger partial charge in [-0.25, -0.2) is 0 Å². The van der Waals surface area contributed by atoms with Gasteiger partial charge in [-0.05, 0) is 63.5 Å². The van der Waals surface area contributed by atoms with Crippen LogP contribution in [0.5, 0.6) is 0 Å². The predicted octanol–water partition coefficient (Wildman–Crippen LogP) is 4.08. The first-order valence-electron chi connectivity index (χ1n) is 6.82. The van der Waals surface area contributed by atoms with Crippen LogP contribution in [0.1, 0.15) is 20.8 Å². The molecule has 1 aromatic carbocycles. The van der Waals surface area contributed by atoms with Gasteiger partial charge in [-0.2, -0.15) is 4.68 Å². The summed E-state index contributed by atoms with van der Waals surface area (Å²) in [5.41, 5.74) is 3.15. The molecule has 0 bridgehead atoms. The number of aromatic nitrogens is 4. The van der Waals surface area contributed by atoms with Gasteiger partial charge in [0.1, 0.15) is 0 Å². The van der Waals surface area contributed by atoms with E-state index in [1.54, 1.807) is 4.68 Å². The van der Waals surface area contributed by atoms with Crippen molar-refractivity contribution in [1.82, 2.24) is 20.2 Å². The van der Waals surface area contributed by atoms with Gasteiger partial charge in [0.05, 0.1) is 20.1 Å². The second kappa shape index (κ2) is 6.94. The van der Waals surface area contributed by atoms with Crippen molar-refractivity contribution in [3.8, 4) is 5.69 Å². The van der Waals surface area contributed by atoms with Crippen LogP contribution in [0.3, 0.4) is 0 Å². The molecule has 3 rings (SSSR count). The van der Waals surface area contributed by atoms with Gasteiger partial charge >= 0.3 is 0 Å². The molecule has 0 spiro atoms. The second-order valence-electron chi connectivity index (χ2n) is 4.93. The van der Waals surface area contributed by atoms with Crippen molar-refractivity contribution < 1.29 is 4.79 Å². The van der Waals surface area contributed by atoms with E-state index in [4.69, 9.17) is 0 Å². The number of tetrazole rings is 1. The van der Waals surface area contributed by atoms with Crippen LogP contribution in [0.15, 0.2) is 39.3 Å². The minimum absolute atomic E-state index is 0.0711. The van der Waals surface area contributed by atoms with Gasteiger partial charge < -0.3 is 0 Å². The van der Waals surface area contributed by atoms with Crippen LogP contribution >= 0.6 is 39.0 Å². The van der Waals surface area contributed by atoms with Gasteiger partial charge in [0.15, 0.2) is 5.78 Å². The summed E-state index contributed by atoms with van der Waals surface area (Å²) < 4.78 is 2.65. The van der Waals surface area contributed by atoms with Crippen molar-refractivity contribution in [3.63, 3.8) is 0 Å². The van der Waals surface area contributed by atoms with E-state index >= 15 is 0 Å². The van der Waals surface area contributed by atoms with E-state index in [9.17, 15) is 4.79 Å². The van der Waals surface area contributed by atoms with Crippen LogP contribution in [-0.4, -0.2) is 31.7 Å². The summed E-state index contributed by atoms with van der Waals surface area (Å²) in [6.07, 6.45) is 0. The normalized spacial score (nSPS) is 10.9. The summed E-state index contributed by atoms with van der Waals surface area (Å²) in [6, 6.07) is 9.75. The number of rotatable bonds is 5. The molecule has 0 saturated heterocycles. The summed E-state index contributed by atoms with van der Waals surface area (Å²) in [5, 5.41) is 12.5. The molecule has 0 aliphatic heterocycles. The van der Waals surface area contributed by atoms with Crippen molar-refractivity contribution in [2.45, 2.75) is 19.0 Å². The lowest BCUT2D eigenvalue weighted by Gasteiger charge is -2.10. The maximum Gasteiger partial charge on any atom is 0.214 e. The fourth-order valence-corrected chi connectivity index (χ4v) is 4.39. The first-order chi connectivity index (χ1) is 11.1. The topological polar surface area (TPSA) is 60.7 Å². The zero-order chi connectivity index (χ0) is 16.4. The van der Waals surface area contributed by atoms with E-state index < -0.39 is 0 Å². The van der Waals surface area contributed by atoms with Crippen LogP contribution in [0.2, 0.25) is 0 Å². The zero-order valence-corrected chi connectivity index (χ0v) is 15.7. The van der Waals surface area contributed by atoms with Crippen LogP contribution in [0.4, 0.5) is 0 Å². The fraction of sp³-hybridized carbons (Fsp3) is 0.200. The number of hydrogen-bond acceptors (Lipinski definition) is 6. The van der Waals surface area contributed by atoms with E-state index in [1.165, 1.54) is 23.1 Å². The third kappa shape index (κ3) is 3.54. The molecule has 0 fully saturated rings. The van der Waals surface area contributed by atoms with E-state index in [2.05, 4.69) is 31.5 Å². The Morgan fingerprint density at radius 3 is 2.65 bits per heavy atom. The molecule has 0 aliphatic rings. The molecule has 2 aromatic heterocycles. The number of carbonyl (C=O) groups excluding carboxylic acids is 1. The number of aryl methyl sites for hydroxylation is 2. The highest BCUT2D eigenvalue weighted by Crippen LogP contribution is 2.26. The molecule has 5 nitrogen and oxygen atoms in total.